The minimum absolute atomic E-state index is 0.0838. The van der Waals surface area contributed by atoms with E-state index in [-0.39, 0.29) is 45.5 Å². The van der Waals surface area contributed by atoms with Gasteiger partial charge < -0.3 is 10.2 Å². The van der Waals surface area contributed by atoms with Gasteiger partial charge in [-0.1, -0.05) is 0 Å². The fourth-order valence-electron chi connectivity index (χ4n) is 7.39. The van der Waals surface area contributed by atoms with Gasteiger partial charge in [0.1, 0.15) is 42.3 Å². The molecule has 0 saturated heterocycles. The van der Waals surface area contributed by atoms with Crippen molar-refractivity contribution in [2.45, 2.75) is 43.2 Å². The van der Waals surface area contributed by atoms with Crippen molar-refractivity contribution in [1.82, 2.24) is 19.6 Å². The number of azo groups is 4. The van der Waals surface area contributed by atoms with Crippen LogP contribution in [-0.4, -0.2) is 108 Å². The Labute approximate surface area is 458 Å². The first-order chi connectivity index (χ1) is 37.9. The largest absolute Gasteiger partial charge is 0.505 e. The van der Waals surface area contributed by atoms with Crippen molar-refractivity contribution < 1.29 is 88.0 Å². The average molecular weight is 1250 g/mol. The Hall–Kier alpha value is -8.94. The molecule has 0 spiro atoms. The number of hydrogen-bond donors (Lipinski definition) is 10. The van der Waals surface area contributed by atoms with Gasteiger partial charge in [-0.2, -0.15) is 60.7 Å². The van der Waals surface area contributed by atoms with E-state index in [0.717, 1.165) is 57.9 Å². The van der Waals surface area contributed by atoms with E-state index in [9.17, 15) is 97.6 Å². The fourth-order valence-corrected chi connectivity index (χ4v) is 10.9. The molecule has 0 bridgehead atoms. The lowest BCUT2D eigenvalue weighted by Crippen LogP contribution is -2.14. The maximum absolute atomic E-state index is 13.2. The first-order valence-corrected chi connectivity index (χ1v) is 30.3. The van der Waals surface area contributed by atoms with Gasteiger partial charge in [0.25, 0.3) is 71.8 Å². The van der Waals surface area contributed by atoms with Crippen LogP contribution in [0.25, 0.3) is 22.1 Å². The van der Waals surface area contributed by atoms with Gasteiger partial charge in [-0.15, -0.1) is 30.7 Å². The van der Waals surface area contributed by atoms with E-state index >= 15 is 0 Å². The third kappa shape index (κ3) is 12.2. The number of hydrogen-bond acceptors (Lipinski definition) is 24. The summed E-state index contributed by atoms with van der Waals surface area (Å²) in [5, 5.41) is 56.0. The molecule has 6 aromatic carbocycles. The molecule has 8 rings (SSSR count). The fraction of sp³-hybridized carbons (Fsp3) is 0.0476. The molecule has 428 valence electrons. The molecule has 0 aliphatic rings. The van der Waals surface area contributed by atoms with E-state index in [4.69, 9.17) is 0 Å². The number of aryl methyl sites for hydroxylation is 2. The summed E-state index contributed by atoms with van der Waals surface area (Å²) in [7, 11) is -31.0. The predicted octanol–water partition coefficient (Wildman–Crippen LogP) is 6.97. The van der Waals surface area contributed by atoms with Gasteiger partial charge >= 0.3 is 0 Å². The second kappa shape index (κ2) is 21.2. The lowest BCUT2D eigenvalue weighted by atomic mass is 10.1. The Morgan fingerprint density at radius 3 is 1.00 bits per heavy atom. The van der Waals surface area contributed by atoms with E-state index in [1.807, 2.05) is 0 Å². The van der Waals surface area contributed by atoms with E-state index in [2.05, 4.69) is 51.1 Å². The van der Waals surface area contributed by atoms with Crippen LogP contribution < -0.4 is 11.1 Å². The SMILES string of the molecule is Cc1[nH]n(-c2ccc(S(=O)(=O)O)cc2)c(=O)c1N=Nc1ccc(N=Nc2c(S(=O)(=O)O)cc3cc(S(=O)(=O)O)c(N=Nc4ccc(N=Nc5c(C)[nH]n(-c6ccc(S(=O)(=O)O)cc6)c5=O)cc4S(=O)(=O)O)c(O)c3c2O)c(S(=O)(=O)O)c1. The Morgan fingerprint density at radius 1 is 0.378 bits per heavy atom. The zero-order chi connectivity index (χ0) is 60.4. The highest BCUT2D eigenvalue weighted by atomic mass is 32.2. The third-order valence-corrected chi connectivity index (χ3v) is 16.4. The highest BCUT2D eigenvalue weighted by Gasteiger charge is 2.30. The van der Waals surface area contributed by atoms with Crippen molar-refractivity contribution >= 4 is 117 Å². The first-order valence-electron chi connectivity index (χ1n) is 21.6. The van der Waals surface area contributed by atoms with Crippen LogP contribution in [0.4, 0.5) is 45.5 Å². The van der Waals surface area contributed by atoms with Gasteiger partial charge in [0, 0.05) is 0 Å². The zero-order valence-electron chi connectivity index (χ0n) is 40.5. The maximum atomic E-state index is 13.2. The number of rotatable bonds is 16. The molecule has 34 nitrogen and oxygen atoms in total. The number of fused-ring (bicyclic) bond motifs is 1. The zero-order valence-corrected chi connectivity index (χ0v) is 45.4. The number of aromatic amines is 2. The smallest absolute Gasteiger partial charge is 0.299 e. The molecule has 40 heteroatoms. The highest BCUT2D eigenvalue weighted by Crippen LogP contribution is 2.50. The summed E-state index contributed by atoms with van der Waals surface area (Å²) in [6.45, 7) is 2.77. The minimum Gasteiger partial charge on any atom is -0.505 e. The molecule has 0 aliphatic carbocycles. The number of H-pyrrole nitrogens is 2. The molecule has 0 unspecified atom stereocenters. The molecule has 0 atom stereocenters. The van der Waals surface area contributed by atoms with Crippen LogP contribution in [0.1, 0.15) is 11.4 Å². The summed E-state index contributed by atoms with van der Waals surface area (Å²) in [6.07, 6.45) is 0. The lowest BCUT2D eigenvalue weighted by Gasteiger charge is -2.13. The number of benzene rings is 6. The number of nitrogens with zero attached hydrogens (tertiary/aromatic N) is 10. The van der Waals surface area contributed by atoms with Gasteiger partial charge in [0.05, 0.1) is 49.3 Å². The Balaban J connectivity index is 1.16. The molecule has 0 amide bonds. The van der Waals surface area contributed by atoms with Crippen molar-refractivity contribution in [3.05, 3.63) is 129 Å². The van der Waals surface area contributed by atoms with Crippen LogP contribution in [0.3, 0.4) is 0 Å². The van der Waals surface area contributed by atoms with Crippen LogP contribution in [0.5, 0.6) is 11.5 Å². The molecule has 8 aromatic rings. The number of nitrogens with one attached hydrogen (secondary N) is 2. The average Bonchev–Trinajstić information content (AvgIpc) is 3.57. The number of phenolic OH excluding ortho intramolecular Hbond substituents is 2. The molecular formula is C42H32N12O22S6. The maximum Gasteiger partial charge on any atom is 0.299 e. The van der Waals surface area contributed by atoms with Gasteiger partial charge in [0.2, 0.25) is 0 Å². The minimum atomic E-state index is -5.59. The molecule has 0 fully saturated rings. The van der Waals surface area contributed by atoms with Gasteiger partial charge in [-0.05, 0) is 116 Å². The highest BCUT2D eigenvalue weighted by molar-refractivity contribution is 7.87. The molecule has 0 radical (unpaired) electrons. The summed E-state index contributed by atoms with van der Waals surface area (Å²) in [4.78, 5) is 20.4. The topological polar surface area (TPSA) is 541 Å². The summed E-state index contributed by atoms with van der Waals surface area (Å²) in [6, 6.07) is 14.3. The monoisotopic (exact) mass is 1250 g/mol. The number of aromatic nitrogens is 4. The summed E-state index contributed by atoms with van der Waals surface area (Å²) < 4.78 is 208. The molecule has 2 aromatic heterocycles. The van der Waals surface area contributed by atoms with Crippen molar-refractivity contribution in [3.8, 4) is 22.9 Å². The first kappa shape index (κ1) is 59.2. The molecule has 2 heterocycles. The Bertz CT molecular complexity index is 4690. The molecule has 82 heavy (non-hydrogen) atoms. The molecular weight excluding hydrogens is 1220 g/mol. The van der Waals surface area contributed by atoms with E-state index < -0.39 is 146 Å². The second-order valence-corrected chi connectivity index (χ2v) is 25.0. The van der Waals surface area contributed by atoms with Gasteiger partial charge in [-0.25, -0.2) is 9.36 Å². The summed E-state index contributed by atoms with van der Waals surface area (Å²) in [5.74, 6) is -2.98. The summed E-state index contributed by atoms with van der Waals surface area (Å²) in [5.41, 5.74) is -7.17. The van der Waals surface area contributed by atoms with Crippen LogP contribution >= 0.6 is 0 Å². The quantitative estimate of drug-likeness (QED) is 0.0345. The van der Waals surface area contributed by atoms with E-state index in [1.54, 1.807) is 0 Å². The van der Waals surface area contributed by atoms with Crippen molar-refractivity contribution in [1.29, 1.82) is 0 Å². The number of aromatic hydroxyl groups is 2. The molecule has 0 saturated carbocycles. The third-order valence-electron chi connectivity index (χ3n) is 11.2. The second-order valence-electron chi connectivity index (χ2n) is 16.6. The number of phenols is 2. The molecule has 0 aliphatic heterocycles. The van der Waals surface area contributed by atoms with Crippen LogP contribution in [0.2, 0.25) is 0 Å². The van der Waals surface area contributed by atoms with Gasteiger partial charge in [0.15, 0.2) is 22.9 Å². The Morgan fingerprint density at radius 2 is 0.695 bits per heavy atom. The van der Waals surface area contributed by atoms with Crippen LogP contribution in [0.15, 0.2) is 177 Å². The normalized spacial score (nSPS) is 13.2. The van der Waals surface area contributed by atoms with Crippen molar-refractivity contribution in [3.63, 3.8) is 0 Å². The standard InChI is InChI=1S/C42H32N12O22S6/c1-19-35(41(57)53(51-19)24-5-9-26(10-6-24)77(59,60)61)47-43-22-3-13-28(30(17-22)79(65,66)67)45-49-37-32(81(71,72)73)15-21-16-33(82(74,75)76)38(40(56)34(21)39(37)55)50-46-29-14-4-23(18-31(29)80(68,69)70)44-48-36-20(2)52-54(42(36)58)25-7-11-27(12-8-25)78(62,63)64/h3-18,51-52,55-56H,1-2H3,(H,59,60,61)(H,62,63,64)(H,65,66,67)(H,68,69,70)(H,71,72,73)(H,74,75,76). The summed E-state index contributed by atoms with van der Waals surface area (Å²) >= 11 is 0. The Kier molecular flexibility index (Phi) is 15.3. The van der Waals surface area contributed by atoms with Gasteiger partial charge in [-0.3, -0.25) is 47.1 Å². The molecule has 10 N–H and O–H groups in total. The van der Waals surface area contributed by atoms with Crippen LogP contribution in [-0.2, 0) is 60.7 Å². The predicted molar refractivity (Wildman–Crippen MR) is 278 cm³/mol. The van der Waals surface area contributed by atoms with E-state index in [0.29, 0.717) is 24.3 Å². The lowest BCUT2D eigenvalue weighted by molar-refractivity contribution is 0.458. The van der Waals surface area contributed by atoms with Crippen molar-refractivity contribution in [2.75, 3.05) is 0 Å². The van der Waals surface area contributed by atoms with Crippen LogP contribution in [0, 0.1) is 13.8 Å². The van der Waals surface area contributed by atoms with E-state index in [1.165, 1.54) is 38.1 Å². The van der Waals surface area contributed by atoms with Crippen molar-refractivity contribution in [2.24, 2.45) is 40.9 Å².